The molecule has 1 saturated heterocycles. The first-order chi connectivity index (χ1) is 17.5. The highest BCUT2D eigenvalue weighted by atomic mass is 35.5. The zero-order valence-corrected chi connectivity index (χ0v) is 21.7. The Morgan fingerprint density at radius 1 is 1.11 bits per heavy atom. The van der Waals surface area contributed by atoms with Crippen LogP contribution in [0.25, 0.3) is 22.6 Å². The van der Waals surface area contributed by atoms with Gasteiger partial charge in [-0.3, -0.25) is 0 Å². The highest BCUT2D eigenvalue weighted by Crippen LogP contribution is 2.36. The number of aryl methyl sites for hydroxylation is 2. The SMILES string of the molecule is CCc1ccc(CNc2ncc3nc(-c4c(Cl)cccc4Cl)n(CCC4CCNCC4)c3n2)c(F)c1. The molecule has 0 saturated carbocycles. The van der Waals surface area contributed by atoms with Crippen LogP contribution in [-0.2, 0) is 19.5 Å². The molecule has 0 unspecified atom stereocenters. The molecule has 1 fully saturated rings. The topological polar surface area (TPSA) is 67.7 Å². The Bertz CT molecular complexity index is 1350. The van der Waals surface area contributed by atoms with Gasteiger partial charge < -0.3 is 15.2 Å². The highest BCUT2D eigenvalue weighted by molar-refractivity contribution is 6.39. The third kappa shape index (κ3) is 5.33. The summed E-state index contributed by atoms with van der Waals surface area (Å²) in [5.41, 5.74) is 3.59. The minimum absolute atomic E-state index is 0.231. The summed E-state index contributed by atoms with van der Waals surface area (Å²) in [5.74, 6) is 1.50. The molecule has 9 heteroatoms. The number of fused-ring (bicyclic) bond motifs is 1. The Balaban J connectivity index is 1.48. The van der Waals surface area contributed by atoms with Crippen molar-refractivity contribution < 1.29 is 4.39 Å². The number of nitrogens with one attached hydrogen (secondary N) is 2. The summed E-state index contributed by atoms with van der Waals surface area (Å²) in [6, 6.07) is 10.8. The molecule has 0 spiro atoms. The van der Waals surface area contributed by atoms with Crippen molar-refractivity contribution in [2.45, 2.75) is 45.7 Å². The Hall–Kier alpha value is -2.74. The van der Waals surface area contributed by atoms with Crippen molar-refractivity contribution in [3.63, 3.8) is 0 Å². The molecule has 0 radical (unpaired) electrons. The van der Waals surface area contributed by atoms with Crippen LogP contribution in [0.4, 0.5) is 10.3 Å². The first-order valence-electron chi connectivity index (χ1n) is 12.4. The predicted octanol–water partition coefficient (Wildman–Crippen LogP) is 6.50. The molecule has 0 atom stereocenters. The molecule has 0 aliphatic carbocycles. The molecular weight excluding hydrogens is 498 g/mol. The first kappa shape index (κ1) is 24.9. The van der Waals surface area contributed by atoms with Crippen LogP contribution in [0.1, 0.15) is 37.3 Å². The molecule has 2 aromatic heterocycles. The van der Waals surface area contributed by atoms with Gasteiger partial charge in [-0.1, -0.05) is 48.3 Å². The second-order valence-corrected chi connectivity index (χ2v) is 10.0. The minimum Gasteiger partial charge on any atom is -0.350 e. The number of hydrogen-bond donors (Lipinski definition) is 2. The van der Waals surface area contributed by atoms with Gasteiger partial charge in [0.1, 0.15) is 17.2 Å². The largest absolute Gasteiger partial charge is 0.350 e. The van der Waals surface area contributed by atoms with Gasteiger partial charge in [-0.15, -0.1) is 0 Å². The molecule has 3 heterocycles. The van der Waals surface area contributed by atoms with Crippen LogP contribution in [0.5, 0.6) is 0 Å². The van der Waals surface area contributed by atoms with E-state index in [9.17, 15) is 4.39 Å². The second-order valence-electron chi connectivity index (χ2n) is 9.20. The van der Waals surface area contributed by atoms with Gasteiger partial charge in [-0.25, -0.2) is 14.4 Å². The van der Waals surface area contributed by atoms with Crippen molar-refractivity contribution in [2.24, 2.45) is 5.92 Å². The summed E-state index contributed by atoms with van der Waals surface area (Å²) in [7, 11) is 0. The Morgan fingerprint density at radius 2 is 1.89 bits per heavy atom. The third-order valence-corrected chi connectivity index (χ3v) is 7.49. The van der Waals surface area contributed by atoms with E-state index in [2.05, 4.69) is 20.2 Å². The third-order valence-electron chi connectivity index (χ3n) is 6.86. The molecule has 2 N–H and O–H groups in total. The van der Waals surface area contributed by atoms with Crippen molar-refractivity contribution in [1.82, 2.24) is 24.8 Å². The van der Waals surface area contributed by atoms with Crippen LogP contribution in [0.3, 0.4) is 0 Å². The van der Waals surface area contributed by atoms with E-state index in [1.54, 1.807) is 18.3 Å². The van der Waals surface area contributed by atoms with E-state index in [1.807, 2.05) is 31.2 Å². The highest BCUT2D eigenvalue weighted by Gasteiger charge is 2.21. The van der Waals surface area contributed by atoms with Crippen molar-refractivity contribution in [2.75, 3.05) is 18.4 Å². The molecule has 5 rings (SSSR count). The van der Waals surface area contributed by atoms with Gasteiger partial charge in [0, 0.05) is 18.7 Å². The summed E-state index contributed by atoms with van der Waals surface area (Å²) in [5, 5.41) is 7.68. The standard InChI is InChI=1S/C27H29Cl2FN6/c1-2-17-6-7-19(22(30)14-17)15-32-27-33-16-23-25(35-27)36(13-10-18-8-11-31-12-9-18)26(34-23)24-20(28)4-3-5-21(24)29/h3-7,14,16,18,31H,2,8-13,15H2,1H3,(H,32,33,35). The molecule has 188 valence electrons. The lowest BCUT2D eigenvalue weighted by atomic mass is 9.95. The monoisotopic (exact) mass is 526 g/mol. The van der Waals surface area contributed by atoms with Crippen LogP contribution in [-0.4, -0.2) is 32.6 Å². The zero-order chi connectivity index (χ0) is 25.1. The number of anilines is 1. The van der Waals surface area contributed by atoms with Crippen LogP contribution < -0.4 is 10.6 Å². The maximum absolute atomic E-state index is 14.5. The average molecular weight is 527 g/mol. The molecule has 4 aromatic rings. The van der Waals surface area contributed by atoms with E-state index in [1.165, 1.54) is 0 Å². The van der Waals surface area contributed by atoms with E-state index < -0.39 is 0 Å². The van der Waals surface area contributed by atoms with Gasteiger partial charge in [0.25, 0.3) is 0 Å². The van der Waals surface area contributed by atoms with Gasteiger partial charge >= 0.3 is 0 Å². The summed E-state index contributed by atoms with van der Waals surface area (Å²) < 4.78 is 16.6. The number of halogens is 3. The maximum atomic E-state index is 14.5. The smallest absolute Gasteiger partial charge is 0.225 e. The van der Waals surface area contributed by atoms with Crippen LogP contribution in [0.15, 0.2) is 42.6 Å². The zero-order valence-electron chi connectivity index (χ0n) is 20.2. The lowest BCUT2D eigenvalue weighted by molar-refractivity contribution is 0.339. The van der Waals surface area contributed by atoms with Crippen molar-refractivity contribution in [3.05, 3.63) is 69.6 Å². The number of nitrogens with zero attached hydrogens (tertiary/aromatic N) is 4. The van der Waals surface area contributed by atoms with Gasteiger partial charge in [-0.05, 0) is 68.5 Å². The summed E-state index contributed by atoms with van der Waals surface area (Å²) in [6.45, 7) is 5.12. The summed E-state index contributed by atoms with van der Waals surface area (Å²) in [4.78, 5) is 14.0. The fourth-order valence-electron chi connectivity index (χ4n) is 4.73. The second kappa shape index (κ2) is 11.1. The van der Waals surface area contributed by atoms with Crippen LogP contribution in [0, 0.1) is 11.7 Å². The summed E-state index contributed by atoms with van der Waals surface area (Å²) >= 11 is 13.1. The first-order valence-corrected chi connectivity index (χ1v) is 13.2. The quantitative estimate of drug-likeness (QED) is 0.274. The van der Waals surface area contributed by atoms with E-state index >= 15 is 0 Å². The summed E-state index contributed by atoms with van der Waals surface area (Å²) in [6.07, 6.45) is 5.79. The van der Waals surface area contributed by atoms with Gasteiger partial charge in [0.05, 0.1) is 21.8 Å². The molecule has 2 aromatic carbocycles. The van der Waals surface area contributed by atoms with Gasteiger partial charge in [-0.2, -0.15) is 4.98 Å². The number of rotatable bonds is 8. The number of aromatic nitrogens is 4. The Morgan fingerprint density at radius 3 is 2.61 bits per heavy atom. The van der Waals surface area contributed by atoms with E-state index in [0.717, 1.165) is 50.9 Å². The van der Waals surface area contributed by atoms with Gasteiger partial charge in [0.2, 0.25) is 5.95 Å². The number of benzene rings is 2. The van der Waals surface area contributed by atoms with Crippen molar-refractivity contribution in [1.29, 1.82) is 0 Å². The van der Waals surface area contributed by atoms with Crippen LogP contribution >= 0.6 is 23.2 Å². The fourth-order valence-corrected chi connectivity index (χ4v) is 5.29. The van der Waals surface area contributed by atoms with Crippen molar-refractivity contribution in [3.8, 4) is 11.4 Å². The Kier molecular flexibility index (Phi) is 7.70. The molecule has 0 amide bonds. The van der Waals surface area contributed by atoms with Crippen LogP contribution in [0.2, 0.25) is 10.0 Å². The number of imidazole rings is 1. The van der Waals surface area contributed by atoms with E-state index in [4.69, 9.17) is 33.2 Å². The van der Waals surface area contributed by atoms with E-state index in [-0.39, 0.29) is 12.4 Å². The minimum atomic E-state index is -0.231. The molecule has 36 heavy (non-hydrogen) atoms. The number of piperidine rings is 1. The molecule has 0 bridgehead atoms. The normalized spacial score (nSPS) is 14.4. The molecule has 1 aliphatic heterocycles. The molecular formula is C27H29Cl2FN6. The molecule has 1 aliphatic rings. The lowest BCUT2D eigenvalue weighted by Crippen LogP contribution is -2.28. The van der Waals surface area contributed by atoms with Crippen molar-refractivity contribution >= 4 is 40.3 Å². The maximum Gasteiger partial charge on any atom is 0.225 e. The Labute approximate surface area is 220 Å². The fraction of sp³-hybridized carbons (Fsp3) is 0.370. The molecule has 6 nitrogen and oxygen atoms in total. The average Bonchev–Trinajstić information content (AvgIpc) is 3.24. The number of hydrogen-bond acceptors (Lipinski definition) is 5. The van der Waals surface area contributed by atoms with Gasteiger partial charge in [0.15, 0.2) is 5.65 Å². The van der Waals surface area contributed by atoms with E-state index in [0.29, 0.717) is 50.0 Å². The predicted molar refractivity (Wildman–Crippen MR) is 144 cm³/mol. The lowest BCUT2D eigenvalue weighted by Gasteiger charge is -2.23.